The van der Waals surface area contributed by atoms with Gasteiger partial charge >= 0.3 is 0 Å². The van der Waals surface area contributed by atoms with E-state index in [1.807, 2.05) is 57.2 Å². The van der Waals surface area contributed by atoms with Gasteiger partial charge in [-0.15, -0.1) is 0 Å². The summed E-state index contributed by atoms with van der Waals surface area (Å²) in [4.78, 5) is 17.1. The van der Waals surface area contributed by atoms with Crippen LogP contribution in [0.2, 0.25) is 0 Å². The first-order valence-electron chi connectivity index (χ1n) is 9.32. The molecule has 2 aromatic carbocycles. The Labute approximate surface area is 164 Å². The van der Waals surface area contributed by atoms with E-state index in [4.69, 9.17) is 13.9 Å². The summed E-state index contributed by atoms with van der Waals surface area (Å²) in [5, 5.41) is 2.89. The highest BCUT2D eigenvalue weighted by molar-refractivity contribution is 5.93. The van der Waals surface area contributed by atoms with Crippen LogP contribution in [-0.2, 0) is 11.2 Å². The molecule has 0 bridgehead atoms. The van der Waals surface area contributed by atoms with Crippen LogP contribution < -0.4 is 14.8 Å². The number of nitrogens with zero attached hydrogens (tertiary/aromatic N) is 1. The summed E-state index contributed by atoms with van der Waals surface area (Å²) in [7, 11) is 0. The van der Waals surface area contributed by atoms with E-state index in [1.165, 1.54) is 0 Å². The molecule has 0 fully saturated rings. The molecule has 0 radical (unpaired) electrons. The highest BCUT2D eigenvalue weighted by Crippen LogP contribution is 2.30. The van der Waals surface area contributed by atoms with Crippen molar-refractivity contribution in [1.29, 1.82) is 0 Å². The molecule has 6 nitrogen and oxygen atoms in total. The number of hydrogen-bond acceptors (Lipinski definition) is 5. The quantitative estimate of drug-likeness (QED) is 0.617. The van der Waals surface area contributed by atoms with E-state index in [9.17, 15) is 4.79 Å². The molecule has 0 atom stereocenters. The van der Waals surface area contributed by atoms with Crippen LogP contribution in [0.5, 0.6) is 11.5 Å². The molecule has 0 aliphatic carbocycles. The minimum Gasteiger partial charge on any atom is -0.494 e. The molecule has 0 aliphatic rings. The third kappa shape index (κ3) is 4.71. The topological polar surface area (TPSA) is 73.6 Å². The van der Waals surface area contributed by atoms with E-state index in [2.05, 4.69) is 10.3 Å². The van der Waals surface area contributed by atoms with Gasteiger partial charge in [0.1, 0.15) is 17.3 Å². The molecule has 146 valence electrons. The minimum atomic E-state index is -0.203. The first-order valence-corrected chi connectivity index (χ1v) is 9.32. The van der Waals surface area contributed by atoms with Gasteiger partial charge in [0.15, 0.2) is 0 Å². The zero-order chi connectivity index (χ0) is 19.9. The van der Waals surface area contributed by atoms with Gasteiger partial charge in [0.25, 0.3) is 0 Å². The molecule has 6 heteroatoms. The molecule has 0 spiro atoms. The number of hydrogen-bond donors (Lipinski definition) is 1. The third-order valence-corrected chi connectivity index (χ3v) is 4.08. The minimum absolute atomic E-state index is 0.104. The van der Waals surface area contributed by atoms with Crippen LogP contribution in [0.1, 0.15) is 25.3 Å². The van der Waals surface area contributed by atoms with Gasteiger partial charge in [0.05, 0.1) is 31.0 Å². The average Bonchev–Trinajstić information content (AvgIpc) is 3.05. The molecular weight excluding hydrogens is 356 g/mol. The van der Waals surface area contributed by atoms with E-state index in [1.54, 1.807) is 12.1 Å². The van der Waals surface area contributed by atoms with E-state index >= 15 is 0 Å². The molecule has 3 aromatic rings. The van der Waals surface area contributed by atoms with E-state index in [-0.39, 0.29) is 12.3 Å². The van der Waals surface area contributed by atoms with Crippen molar-refractivity contribution >= 4 is 11.6 Å². The molecule has 3 rings (SSSR count). The summed E-state index contributed by atoms with van der Waals surface area (Å²) in [5.41, 5.74) is 2.05. The lowest BCUT2D eigenvalue weighted by molar-refractivity contribution is -0.115. The smallest absolute Gasteiger partial charge is 0.230 e. The largest absolute Gasteiger partial charge is 0.494 e. The number of ether oxygens (including phenoxy) is 2. The van der Waals surface area contributed by atoms with Gasteiger partial charge in [-0.2, -0.15) is 0 Å². The number of oxazole rings is 1. The molecule has 1 N–H and O–H groups in total. The number of carbonyl (C=O) groups excluding carboxylic acids is 1. The van der Waals surface area contributed by atoms with Crippen LogP contribution >= 0.6 is 0 Å². The molecular formula is C22H24N2O4. The Bertz CT molecular complexity index is 935. The fourth-order valence-corrected chi connectivity index (χ4v) is 2.79. The molecule has 0 aliphatic heterocycles. The van der Waals surface area contributed by atoms with E-state index in [0.29, 0.717) is 47.7 Å². The predicted molar refractivity (Wildman–Crippen MR) is 108 cm³/mol. The number of nitrogens with one attached hydrogen (secondary N) is 1. The lowest BCUT2D eigenvalue weighted by Crippen LogP contribution is -2.16. The highest BCUT2D eigenvalue weighted by Gasteiger charge is 2.16. The molecule has 1 heterocycles. The lowest BCUT2D eigenvalue weighted by atomic mass is 10.2. The van der Waals surface area contributed by atoms with Crippen LogP contribution in [0.25, 0.3) is 11.5 Å². The fraction of sp³-hybridized carbons (Fsp3) is 0.273. The Morgan fingerprint density at radius 3 is 2.54 bits per heavy atom. The monoisotopic (exact) mass is 380 g/mol. The van der Waals surface area contributed by atoms with Crippen LogP contribution in [0.4, 0.5) is 5.69 Å². The van der Waals surface area contributed by atoms with Crippen molar-refractivity contribution < 1.29 is 18.7 Å². The number of anilines is 1. The van der Waals surface area contributed by atoms with Crippen LogP contribution in [-0.4, -0.2) is 24.1 Å². The van der Waals surface area contributed by atoms with Crippen LogP contribution in [0.3, 0.4) is 0 Å². The molecule has 0 saturated heterocycles. The molecule has 1 aromatic heterocycles. The Morgan fingerprint density at radius 2 is 1.82 bits per heavy atom. The summed E-state index contributed by atoms with van der Waals surface area (Å²) in [6.45, 7) is 6.66. The van der Waals surface area contributed by atoms with Crippen LogP contribution in [0.15, 0.2) is 52.9 Å². The number of carbonyl (C=O) groups is 1. The number of rotatable bonds is 8. The zero-order valence-corrected chi connectivity index (χ0v) is 16.3. The van der Waals surface area contributed by atoms with Gasteiger partial charge in [0.2, 0.25) is 11.8 Å². The Morgan fingerprint density at radius 1 is 1.07 bits per heavy atom. The maximum absolute atomic E-state index is 12.6. The SMILES string of the molecule is CCOc1ccc(OCC)c(NC(=O)Cc2nc(-c3ccccc3)oc2C)c1. The Hall–Kier alpha value is -3.28. The molecule has 0 unspecified atom stereocenters. The summed E-state index contributed by atoms with van der Waals surface area (Å²) < 4.78 is 16.8. The second-order valence-electron chi connectivity index (χ2n) is 6.14. The van der Waals surface area contributed by atoms with Crippen molar-refractivity contribution in [3.05, 3.63) is 60.0 Å². The van der Waals surface area contributed by atoms with Crippen molar-refractivity contribution in [2.24, 2.45) is 0 Å². The normalized spacial score (nSPS) is 10.5. The van der Waals surface area contributed by atoms with Crippen LogP contribution in [0, 0.1) is 6.92 Å². The lowest BCUT2D eigenvalue weighted by Gasteiger charge is -2.13. The van der Waals surface area contributed by atoms with Crippen molar-refractivity contribution in [3.63, 3.8) is 0 Å². The van der Waals surface area contributed by atoms with E-state index in [0.717, 1.165) is 5.56 Å². The first-order chi connectivity index (χ1) is 13.6. The van der Waals surface area contributed by atoms with Gasteiger partial charge in [-0.3, -0.25) is 4.79 Å². The average molecular weight is 380 g/mol. The summed E-state index contributed by atoms with van der Waals surface area (Å²) in [6, 6.07) is 15.0. The number of aryl methyl sites for hydroxylation is 1. The molecule has 28 heavy (non-hydrogen) atoms. The second kappa shape index (κ2) is 9.08. The van der Waals surface area contributed by atoms with Gasteiger partial charge in [0, 0.05) is 11.6 Å². The van der Waals surface area contributed by atoms with Crippen molar-refractivity contribution in [2.75, 3.05) is 18.5 Å². The molecule has 0 saturated carbocycles. The molecule has 1 amide bonds. The first kappa shape index (κ1) is 19.5. The Kier molecular flexibility index (Phi) is 6.32. The van der Waals surface area contributed by atoms with Gasteiger partial charge in [-0.1, -0.05) is 18.2 Å². The maximum atomic E-state index is 12.6. The maximum Gasteiger partial charge on any atom is 0.230 e. The summed E-state index contributed by atoms with van der Waals surface area (Å²) >= 11 is 0. The fourth-order valence-electron chi connectivity index (χ4n) is 2.79. The Balaban J connectivity index is 1.75. The predicted octanol–water partition coefficient (Wildman–Crippen LogP) is 4.63. The van der Waals surface area contributed by atoms with Gasteiger partial charge in [-0.25, -0.2) is 4.98 Å². The number of amides is 1. The number of aromatic nitrogens is 1. The highest BCUT2D eigenvalue weighted by atomic mass is 16.5. The second-order valence-corrected chi connectivity index (χ2v) is 6.14. The van der Waals surface area contributed by atoms with Crippen molar-refractivity contribution in [1.82, 2.24) is 4.98 Å². The van der Waals surface area contributed by atoms with Crippen molar-refractivity contribution in [3.8, 4) is 23.0 Å². The van der Waals surface area contributed by atoms with Gasteiger partial charge in [-0.05, 0) is 45.0 Å². The van der Waals surface area contributed by atoms with Crippen molar-refractivity contribution in [2.45, 2.75) is 27.2 Å². The number of benzene rings is 2. The standard InChI is InChI=1S/C22H24N2O4/c1-4-26-17-11-12-20(27-5-2)19(13-17)23-21(25)14-18-15(3)28-22(24-18)16-9-7-6-8-10-16/h6-13H,4-5,14H2,1-3H3,(H,23,25). The third-order valence-electron chi connectivity index (χ3n) is 4.08. The van der Waals surface area contributed by atoms with E-state index < -0.39 is 0 Å². The van der Waals surface area contributed by atoms with Gasteiger partial charge < -0.3 is 19.2 Å². The summed E-state index contributed by atoms with van der Waals surface area (Å²) in [6.07, 6.45) is 0.104. The zero-order valence-electron chi connectivity index (χ0n) is 16.3. The summed E-state index contributed by atoms with van der Waals surface area (Å²) in [5.74, 6) is 2.20.